The molecule has 2 aromatic carbocycles. The molecule has 0 bridgehead atoms. The second kappa shape index (κ2) is 10.2. The summed E-state index contributed by atoms with van der Waals surface area (Å²) in [5.74, 6) is -1.72. The first-order valence-electron chi connectivity index (χ1n) is 10.0. The number of carbonyl (C=O) groups is 3. The first-order valence-corrected chi connectivity index (χ1v) is 10.0. The van der Waals surface area contributed by atoms with Gasteiger partial charge in [-0.15, -0.1) is 0 Å². The zero-order valence-electron chi connectivity index (χ0n) is 17.0. The van der Waals surface area contributed by atoms with Gasteiger partial charge in [0.15, 0.2) is 0 Å². The van der Waals surface area contributed by atoms with Gasteiger partial charge in [0.05, 0.1) is 11.3 Å². The molecule has 1 aliphatic heterocycles. The number of nitrogens with zero attached hydrogens (tertiary/aromatic N) is 1. The van der Waals surface area contributed by atoms with Crippen molar-refractivity contribution in [3.8, 4) is 5.75 Å². The zero-order valence-corrected chi connectivity index (χ0v) is 17.0. The number of anilines is 1. The first kappa shape index (κ1) is 23.1. The van der Waals surface area contributed by atoms with Crippen molar-refractivity contribution in [2.24, 2.45) is 5.92 Å². The highest BCUT2D eigenvalue weighted by Gasteiger charge is 2.34. The maximum Gasteiger partial charge on any atom is 0.418 e. The Morgan fingerprint density at radius 2 is 1.56 bits per heavy atom. The number of piperidine rings is 1. The fraction of sp³-hybridized carbons (Fsp3) is 0.318. The standard InChI is InChI=1S/C22H22F3N3O4/c23-22(24,25)17-8-4-5-9-18(17)27-20(30)19(29)26-14-15-10-12-28(13-11-15)21(31)32-16-6-2-1-3-7-16/h1-9,15H,10-14H2,(H,26,29)(H,27,30). The molecular formula is C22H22F3N3O4. The molecule has 7 nitrogen and oxygen atoms in total. The Hall–Kier alpha value is -3.56. The van der Waals surface area contributed by atoms with Gasteiger partial charge in [0.2, 0.25) is 0 Å². The van der Waals surface area contributed by atoms with Crippen LogP contribution in [0.25, 0.3) is 0 Å². The van der Waals surface area contributed by atoms with E-state index in [0.717, 1.165) is 12.1 Å². The second-order valence-electron chi connectivity index (χ2n) is 7.32. The molecule has 32 heavy (non-hydrogen) atoms. The van der Waals surface area contributed by atoms with Crippen LogP contribution in [0.5, 0.6) is 5.75 Å². The zero-order chi connectivity index (χ0) is 23.1. The lowest BCUT2D eigenvalue weighted by atomic mass is 9.97. The minimum absolute atomic E-state index is 0.0231. The third-order valence-corrected chi connectivity index (χ3v) is 5.06. The lowest BCUT2D eigenvalue weighted by Gasteiger charge is -2.31. The number of carbonyl (C=O) groups excluding carboxylic acids is 3. The summed E-state index contributed by atoms with van der Waals surface area (Å²) in [6.07, 6.45) is -3.94. The van der Waals surface area contributed by atoms with Crippen LogP contribution in [0.15, 0.2) is 54.6 Å². The Bertz CT molecular complexity index is 958. The van der Waals surface area contributed by atoms with E-state index in [0.29, 0.717) is 31.7 Å². The molecule has 0 spiro atoms. The molecule has 1 fully saturated rings. The monoisotopic (exact) mass is 449 g/mol. The van der Waals surface area contributed by atoms with Gasteiger partial charge >= 0.3 is 24.1 Å². The van der Waals surface area contributed by atoms with E-state index in [1.165, 1.54) is 12.1 Å². The third kappa shape index (κ3) is 6.22. The summed E-state index contributed by atoms with van der Waals surface area (Å²) in [5.41, 5.74) is -1.51. The number of hydrogen-bond acceptors (Lipinski definition) is 4. The number of benzene rings is 2. The van der Waals surface area contributed by atoms with Crippen LogP contribution in [0.1, 0.15) is 18.4 Å². The quantitative estimate of drug-likeness (QED) is 0.698. The van der Waals surface area contributed by atoms with Gasteiger partial charge in [-0.05, 0) is 43.0 Å². The molecule has 0 radical (unpaired) electrons. The lowest BCUT2D eigenvalue weighted by molar-refractivity contribution is -0.138. The van der Waals surface area contributed by atoms with E-state index >= 15 is 0 Å². The predicted octanol–water partition coefficient (Wildman–Crippen LogP) is 3.67. The summed E-state index contributed by atoms with van der Waals surface area (Å²) in [4.78, 5) is 37.8. The van der Waals surface area contributed by atoms with Crippen molar-refractivity contribution in [1.29, 1.82) is 0 Å². The topological polar surface area (TPSA) is 87.7 Å². The fourth-order valence-electron chi connectivity index (χ4n) is 3.31. The Morgan fingerprint density at radius 3 is 2.22 bits per heavy atom. The summed E-state index contributed by atoms with van der Waals surface area (Å²) in [6, 6.07) is 13.1. The van der Waals surface area contributed by atoms with Crippen LogP contribution in [0.2, 0.25) is 0 Å². The molecule has 2 N–H and O–H groups in total. The van der Waals surface area contributed by atoms with Crippen molar-refractivity contribution in [2.45, 2.75) is 19.0 Å². The van der Waals surface area contributed by atoms with Crippen molar-refractivity contribution >= 4 is 23.6 Å². The minimum Gasteiger partial charge on any atom is -0.410 e. The highest BCUT2D eigenvalue weighted by molar-refractivity contribution is 6.39. The lowest BCUT2D eigenvalue weighted by Crippen LogP contribution is -2.44. The van der Waals surface area contributed by atoms with Gasteiger partial charge in [0.1, 0.15) is 5.75 Å². The van der Waals surface area contributed by atoms with Crippen molar-refractivity contribution < 1.29 is 32.3 Å². The van der Waals surface area contributed by atoms with Crippen LogP contribution in [0, 0.1) is 5.92 Å². The molecule has 0 aromatic heterocycles. The third-order valence-electron chi connectivity index (χ3n) is 5.06. The van der Waals surface area contributed by atoms with Gasteiger partial charge in [-0.3, -0.25) is 9.59 Å². The van der Waals surface area contributed by atoms with Crippen LogP contribution >= 0.6 is 0 Å². The number of likely N-dealkylation sites (tertiary alicyclic amines) is 1. The molecule has 10 heteroatoms. The maximum absolute atomic E-state index is 13.0. The predicted molar refractivity (Wildman–Crippen MR) is 110 cm³/mol. The number of hydrogen-bond donors (Lipinski definition) is 2. The average Bonchev–Trinajstić information content (AvgIpc) is 2.78. The fourth-order valence-corrected chi connectivity index (χ4v) is 3.31. The van der Waals surface area contributed by atoms with Gasteiger partial charge in [0.25, 0.3) is 0 Å². The summed E-state index contributed by atoms with van der Waals surface area (Å²) in [5, 5.41) is 4.46. The smallest absolute Gasteiger partial charge is 0.410 e. The van der Waals surface area contributed by atoms with E-state index in [1.54, 1.807) is 29.2 Å². The van der Waals surface area contributed by atoms with E-state index < -0.39 is 35.3 Å². The van der Waals surface area contributed by atoms with Gasteiger partial charge in [0, 0.05) is 19.6 Å². The largest absolute Gasteiger partial charge is 0.418 e. The van der Waals surface area contributed by atoms with Crippen molar-refractivity contribution in [2.75, 3.05) is 25.0 Å². The number of alkyl halides is 3. The molecule has 1 heterocycles. The van der Waals surface area contributed by atoms with Gasteiger partial charge < -0.3 is 20.3 Å². The number of para-hydroxylation sites is 2. The molecular weight excluding hydrogens is 427 g/mol. The normalized spacial score (nSPS) is 14.5. The number of ether oxygens (including phenoxy) is 1. The van der Waals surface area contributed by atoms with Gasteiger partial charge in [-0.25, -0.2) is 4.79 Å². The van der Waals surface area contributed by atoms with Crippen LogP contribution in [0.3, 0.4) is 0 Å². The van der Waals surface area contributed by atoms with Crippen molar-refractivity contribution in [3.63, 3.8) is 0 Å². The van der Waals surface area contributed by atoms with E-state index in [1.807, 2.05) is 11.4 Å². The van der Waals surface area contributed by atoms with Gasteiger partial charge in [-0.2, -0.15) is 13.2 Å². The maximum atomic E-state index is 13.0. The van der Waals surface area contributed by atoms with E-state index in [9.17, 15) is 27.6 Å². The van der Waals surface area contributed by atoms with Gasteiger partial charge in [-0.1, -0.05) is 30.3 Å². The van der Waals surface area contributed by atoms with Crippen LogP contribution < -0.4 is 15.4 Å². The molecule has 0 unspecified atom stereocenters. The Kier molecular flexibility index (Phi) is 7.34. The van der Waals surface area contributed by atoms with Crippen molar-refractivity contribution in [1.82, 2.24) is 10.2 Å². The Morgan fingerprint density at radius 1 is 0.938 bits per heavy atom. The molecule has 170 valence electrons. The van der Waals surface area contributed by atoms with Crippen LogP contribution in [-0.2, 0) is 15.8 Å². The first-order chi connectivity index (χ1) is 15.2. The van der Waals surface area contributed by atoms with E-state index in [4.69, 9.17) is 4.74 Å². The Balaban J connectivity index is 1.43. The number of amides is 3. The molecule has 0 atom stereocenters. The minimum atomic E-state index is -4.66. The second-order valence-corrected chi connectivity index (χ2v) is 7.32. The van der Waals surface area contributed by atoms with E-state index in [2.05, 4.69) is 5.32 Å². The van der Waals surface area contributed by atoms with Crippen LogP contribution in [-0.4, -0.2) is 42.4 Å². The van der Waals surface area contributed by atoms with Crippen molar-refractivity contribution in [3.05, 3.63) is 60.2 Å². The summed E-state index contributed by atoms with van der Waals surface area (Å²) in [6.45, 7) is 1.03. The van der Waals surface area contributed by atoms with Crippen LogP contribution in [0.4, 0.5) is 23.7 Å². The molecule has 3 rings (SSSR count). The molecule has 3 amide bonds. The highest BCUT2D eigenvalue weighted by Crippen LogP contribution is 2.34. The number of halogens is 3. The Labute approximate surface area is 182 Å². The molecule has 1 aliphatic rings. The SMILES string of the molecule is O=C(NCC1CCN(C(=O)Oc2ccccc2)CC1)C(=O)Nc1ccccc1C(F)(F)F. The highest BCUT2D eigenvalue weighted by atomic mass is 19.4. The summed E-state index contributed by atoms with van der Waals surface area (Å²) in [7, 11) is 0. The molecule has 0 aliphatic carbocycles. The van der Waals surface area contributed by atoms with E-state index in [-0.39, 0.29) is 12.5 Å². The number of rotatable bonds is 4. The number of nitrogens with one attached hydrogen (secondary N) is 2. The summed E-state index contributed by atoms with van der Waals surface area (Å²) >= 11 is 0. The molecule has 2 aromatic rings. The molecule has 1 saturated heterocycles. The summed E-state index contributed by atoms with van der Waals surface area (Å²) < 4.78 is 44.3. The average molecular weight is 449 g/mol. The molecule has 0 saturated carbocycles.